The zero-order chi connectivity index (χ0) is 10.6. The van der Waals surface area contributed by atoms with E-state index in [0.29, 0.717) is 19.6 Å². The SMILES string of the molecule is CCCCCCOC(=O)CCNC=O. The zero-order valence-corrected chi connectivity index (χ0v) is 8.75. The van der Waals surface area contributed by atoms with E-state index in [9.17, 15) is 9.59 Å². The molecule has 0 radical (unpaired) electrons. The fourth-order valence-electron chi connectivity index (χ4n) is 1.02. The molecule has 14 heavy (non-hydrogen) atoms. The average Bonchev–Trinajstić information content (AvgIpc) is 2.18. The normalized spacial score (nSPS) is 9.50. The monoisotopic (exact) mass is 201 g/mol. The predicted octanol–water partition coefficient (Wildman–Crippen LogP) is 1.25. The minimum atomic E-state index is -0.240. The molecule has 0 saturated carbocycles. The van der Waals surface area contributed by atoms with Crippen LogP contribution in [0.3, 0.4) is 0 Å². The maximum Gasteiger partial charge on any atom is 0.307 e. The number of carbonyl (C=O) groups is 2. The number of hydrogen-bond acceptors (Lipinski definition) is 3. The summed E-state index contributed by atoms with van der Waals surface area (Å²) >= 11 is 0. The Bertz CT molecular complexity index is 159. The molecule has 0 unspecified atom stereocenters. The van der Waals surface area contributed by atoms with Gasteiger partial charge in [-0.15, -0.1) is 0 Å². The highest BCUT2D eigenvalue weighted by molar-refractivity contribution is 5.69. The van der Waals surface area contributed by atoms with E-state index in [1.165, 1.54) is 12.8 Å². The van der Waals surface area contributed by atoms with Crippen LogP contribution in [0.15, 0.2) is 0 Å². The summed E-state index contributed by atoms with van der Waals surface area (Å²) in [5, 5.41) is 2.41. The summed E-state index contributed by atoms with van der Waals surface area (Å²) in [6.45, 7) is 2.99. The largest absolute Gasteiger partial charge is 0.466 e. The summed E-state index contributed by atoms with van der Waals surface area (Å²) in [7, 11) is 0. The average molecular weight is 201 g/mol. The molecule has 82 valence electrons. The number of amides is 1. The molecule has 0 atom stereocenters. The molecule has 0 spiro atoms. The summed E-state index contributed by atoms with van der Waals surface area (Å²) in [6, 6.07) is 0. The molecule has 1 amide bonds. The lowest BCUT2D eigenvalue weighted by molar-refractivity contribution is -0.143. The van der Waals surface area contributed by atoms with E-state index in [1.54, 1.807) is 0 Å². The van der Waals surface area contributed by atoms with Gasteiger partial charge in [0, 0.05) is 6.54 Å². The third-order valence-corrected chi connectivity index (χ3v) is 1.82. The van der Waals surface area contributed by atoms with Crippen LogP contribution in [0.2, 0.25) is 0 Å². The van der Waals surface area contributed by atoms with Crippen molar-refractivity contribution in [3.05, 3.63) is 0 Å². The fourth-order valence-corrected chi connectivity index (χ4v) is 1.02. The minimum absolute atomic E-state index is 0.240. The van der Waals surface area contributed by atoms with Crippen molar-refractivity contribution in [2.75, 3.05) is 13.2 Å². The second-order valence-electron chi connectivity index (χ2n) is 3.10. The number of hydrogen-bond donors (Lipinski definition) is 1. The molecule has 0 heterocycles. The summed E-state index contributed by atoms with van der Waals surface area (Å²) in [6.07, 6.45) is 5.24. The van der Waals surface area contributed by atoms with Crippen LogP contribution in [0.5, 0.6) is 0 Å². The first kappa shape index (κ1) is 12.9. The number of nitrogens with one attached hydrogen (secondary N) is 1. The lowest BCUT2D eigenvalue weighted by Gasteiger charge is -2.03. The Hall–Kier alpha value is -1.06. The molecular weight excluding hydrogens is 182 g/mol. The minimum Gasteiger partial charge on any atom is -0.466 e. The van der Waals surface area contributed by atoms with Crippen LogP contribution in [0.4, 0.5) is 0 Å². The Morgan fingerprint density at radius 1 is 1.36 bits per heavy atom. The van der Waals surface area contributed by atoms with E-state index in [-0.39, 0.29) is 12.4 Å². The molecule has 0 aliphatic heterocycles. The van der Waals surface area contributed by atoms with Gasteiger partial charge in [-0.3, -0.25) is 9.59 Å². The Balaban J connectivity index is 3.14. The summed E-state index contributed by atoms with van der Waals surface area (Å²) in [5.74, 6) is -0.240. The second kappa shape index (κ2) is 10.0. The van der Waals surface area contributed by atoms with Crippen LogP contribution in [-0.4, -0.2) is 25.5 Å². The van der Waals surface area contributed by atoms with Crippen LogP contribution < -0.4 is 5.32 Å². The Morgan fingerprint density at radius 2 is 2.14 bits per heavy atom. The zero-order valence-electron chi connectivity index (χ0n) is 8.75. The van der Waals surface area contributed by atoms with Crippen molar-refractivity contribution in [3.8, 4) is 0 Å². The van der Waals surface area contributed by atoms with Crippen molar-refractivity contribution in [2.24, 2.45) is 0 Å². The first-order chi connectivity index (χ1) is 6.81. The van der Waals surface area contributed by atoms with Crippen molar-refractivity contribution in [3.63, 3.8) is 0 Å². The molecule has 0 saturated heterocycles. The van der Waals surface area contributed by atoms with Gasteiger partial charge in [0.1, 0.15) is 0 Å². The summed E-state index contributed by atoms with van der Waals surface area (Å²) in [5.41, 5.74) is 0. The van der Waals surface area contributed by atoms with Gasteiger partial charge in [-0.1, -0.05) is 26.2 Å². The molecule has 0 bridgehead atoms. The maximum atomic E-state index is 11.0. The van der Waals surface area contributed by atoms with Gasteiger partial charge in [0.2, 0.25) is 6.41 Å². The van der Waals surface area contributed by atoms with Crippen molar-refractivity contribution >= 4 is 12.4 Å². The van der Waals surface area contributed by atoms with Crippen molar-refractivity contribution in [1.82, 2.24) is 5.32 Å². The molecule has 0 rings (SSSR count). The van der Waals surface area contributed by atoms with Gasteiger partial charge >= 0.3 is 5.97 Å². The highest BCUT2D eigenvalue weighted by atomic mass is 16.5. The van der Waals surface area contributed by atoms with E-state index in [0.717, 1.165) is 12.8 Å². The highest BCUT2D eigenvalue weighted by Gasteiger charge is 2.00. The summed E-state index contributed by atoms with van der Waals surface area (Å²) in [4.78, 5) is 20.8. The van der Waals surface area contributed by atoms with Gasteiger partial charge in [-0.2, -0.15) is 0 Å². The third-order valence-electron chi connectivity index (χ3n) is 1.82. The molecule has 4 nitrogen and oxygen atoms in total. The predicted molar refractivity (Wildman–Crippen MR) is 53.8 cm³/mol. The number of unbranched alkanes of at least 4 members (excludes halogenated alkanes) is 3. The quantitative estimate of drug-likeness (QED) is 0.347. The molecule has 0 fully saturated rings. The number of esters is 1. The molecule has 0 aromatic heterocycles. The van der Waals surface area contributed by atoms with Gasteiger partial charge in [-0.05, 0) is 6.42 Å². The van der Waals surface area contributed by atoms with Crippen LogP contribution >= 0.6 is 0 Å². The number of rotatable bonds is 9. The topological polar surface area (TPSA) is 55.4 Å². The Kier molecular flexibility index (Phi) is 9.26. The van der Waals surface area contributed by atoms with Crippen molar-refractivity contribution in [1.29, 1.82) is 0 Å². The van der Waals surface area contributed by atoms with Crippen LogP contribution in [0.1, 0.15) is 39.0 Å². The van der Waals surface area contributed by atoms with E-state index >= 15 is 0 Å². The van der Waals surface area contributed by atoms with E-state index < -0.39 is 0 Å². The first-order valence-corrected chi connectivity index (χ1v) is 5.14. The molecule has 0 aliphatic rings. The van der Waals surface area contributed by atoms with Crippen LogP contribution in [0, 0.1) is 0 Å². The van der Waals surface area contributed by atoms with Gasteiger partial charge in [0.25, 0.3) is 0 Å². The van der Waals surface area contributed by atoms with Gasteiger partial charge in [0.15, 0.2) is 0 Å². The molecule has 0 aliphatic carbocycles. The summed E-state index contributed by atoms with van der Waals surface area (Å²) < 4.78 is 4.94. The molecule has 0 aromatic carbocycles. The van der Waals surface area contributed by atoms with Gasteiger partial charge in [-0.25, -0.2) is 0 Å². The van der Waals surface area contributed by atoms with Gasteiger partial charge < -0.3 is 10.1 Å². The van der Waals surface area contributed by atoms with Crippen LogP contribution in [-0.2, 0) is 14.3 Å². The molecule has 0 aromatic rings. The fraction of sp³-hybridized carbons (Fsp3) is 0.800. The Morgan fingerprint density at radius 3 is 2.79 bits per heavy atom. The van der Waals surface area contributed by atoms with Crippen LogP contribution in [0.25, 0.3) is 0 Å². The third kappa shape index (κ3) is 9.03. The lowest BCUT2D eigenvalue weighted by Crippen LogP contribution is -2.17. The van der Waals surface area contributed by atoms with E-state index in [4.69, 9.17) is 4.74 Å². The number of ether oxygens (including phenoxy) is 1. The van der Waals surface area contributed by atoms with E-state index in [1.807, 2.05) is 0 Å². The standard InChI is InChI=1S/C10H19NO3/c1-2-3-4-5-8-14-10(13)6-7-11-9-12/h9H,2-8H2,1H3,(H,11,12). The van der Waals surface area contributed by atoms with E-state index in [2.05, 4.69) is 12.2 Å². The lowest BCUT2D eigenvalue weighted by atomic mass is 10.2. The first-order valence-electron chi connectivity index (χ1n) is 5.14. The Labute approximate surface area is 85.0 Å². The van der Waals surface area contributed by atoms with Crippen molar-refractivity contribution in [2.45, 2.75) is 39.0 Å². The van der Waals surface area contributed by atoms with Gasteiger partial charge in [0.05, 0.1) is 13.0 Å². The highest BCUT2D eigenvalue weighted by Crippen LogP contribution is 1.99. The smallest absolute Gasteiger partial charge is 0.307 e. The molecular formula is C10H19NO3. The molecule has 1 N–H and O–H groups in total. The van der Waals surface area contributed by atoms with Crippen molar-refractivity contribution < 1.29 is 14.3 Å². The maximum absolute atomic E-state index is 11.0. The second-order valence-corrected chi connectivity index (χ2v) is 3.10. The molecule has 4 heteroatoms. The number of carbonyl (C=O) groups excluding carboxylic acids is 2.